The summed E-state index contributed by atoms with van der Waals surface area (Å²) in [6.07, 6.45) is 4.23. The molecule has 6 heteroatoms. The number of hydrogen-bond donors (Lipinski definition) is 1. The summed E-state index contributed by atoms with van der Waals surface area (Å²) in [4.78, 5) is 15.3. The van der Waals surface area contributed by atoms with Crippen LogP contribution >= 0.6 is 0 Å². The van der Waals surface area contributed by atoms with Crippen molar-refractivity contribution in [3.63, 3.8) is 0 Å². The van der Waals surface area contributed by atoms with Gasteiger partial charge in [0.25, 0.3) is 5.91 Å². The molecule has 2 aromatic rings. The third-order valence-electron chi connectivity index (χ3n) is 6.03. The quantitative estimate of drug-likeness (QED) is 0.833. The Morgan fingerprint density at radius 1 is 1.18 bits per heavy atom. The van der Waals surface area contributed by atoms with Gasteiger partial charge in [-0.2, -0.15) is 0 Å². The highest BCUT2D eigenvalue weighted by molar-refractivity contribution is 5.93. The zero-order valence-corrected chi connectivity index (χ0v) is 17.2. The number of nitrogens with zero attached hydrogens (tertiary/aromatic N) is 4. The minimum Gasteiger partial charge on any atom is -0.330 e. The lowest BCUT2D eigenvalue weighted by molar-refractivity contribution is 0.0723. The lowest BCUT2D eigenvalue weighted by Gasteiger charge is -2.24. The SMILES string of the molecule is Cc1c(C(=O)N(Cc2ccc(C(C)C)cc2)C2CC2)nnn1C1CCNCC1. The Bertz CT molecular complexity index is 816. The second kappa shape index (κ2) is 8.03. The van der Waals surface area contributed by atoms with E-state index in [1.165, 1.54) is 11.1 Å². The number of carbonyl (C=O) groups excluding carboxylic acids is 1. The molecule has 6 nitrogen and oxygen atoms in total. The average molecular weight is 382 g/mol. The minimum atomic E-state index is 0.0214. The van der Waals surface area contributed by atoms with E-state index in [0.29, 0.717) is 30.2 Å². The maximum Gasteiger partial charge on any atom is 0.276 e. The summed E-state index contributed by atoms with van der Waals surface area (Å²) in [5.74, 6) is 0.538. The normalized spacial score (nSPS) is 17.9. The van der Waals surface area contributed by atoms with E-state index in [2.05, 4.69) is 53.7 Å². The molecule has 0 unspecified atom stereocenters. The zero-order valence-electron chi connectivity index (χ0n) is 17.2. The molecule has 150 valence electrons. The van der Waals surface area contributed by atoms with Gasteiger partial charge in [-0.3, -0.25) is 4.79 Å². The van der Waals surface area contributed by atoms with Crippen LogP contribution in [0.5, 0.6) is 0 Å². The number of carbonyl (C=O) groups is 1. The number of hydrogen-bond acceptors (Lipinski definition) is 4. The summed E-state index contributed by atoms with van der Waals surface area (Å²) in [5, 5.41) is 12.0. The summed E-state index contributed by atoms with van der Waals surface area (Å²) in [6.45, 7) is 9.01. The van der Waals surface area contributed by atoms with E-state index in [1.807, 2.05) is 16.5 Å². The van der Waals surface area contributed by atoms with Crippen molar-refractivity contribution in [3.8, 4) is 0 Å². The van der Waals surface area contributed by atoms with Crippen molar-refractivity contribution in [2.24, 2.45) is 0 Å². The van der Waals surface area contributed by atoms with Crippen LogP contribution in [-0.4, -0.2) is 44.9 Å². The van der Waals surface area contributed by atoms with E-state index in [9.17, 15) is 4.79 Å². The molecule has 2 aliphatic rings. The molecule has 4 rings (SSSR count). The average Bonchev–Trinajstić information content (AvgIpc) is 3.48. The molecule has 1 amide bonds. The number of nitrogens with one attached hydrogen (secondary N) is 1. The van der Waals surface area contributed by atoms with Gasteiger partial charge in [0, 0.05) is 12.6 Å². The molecule has 2 fully saturated rings. The molecule has 28 heavy (non-hydrogen) atoms. The first kappa shape index (κ1) is 19.1. The van der Waals surface area contributed by atoms with Crippen LogP contribution in [-0.2, 0) is 6.54 Å². The Balaban J connectivity index is 1.52. The standard InChI is InChI=1S/C22H31N5O/c1-15(2)18-6-4-17(5-7-18)14-26(19-8-9-19)22(28)21-16(3)27(25-24-21)20-10-12-23-13-11-20/h4-7,15,19-20,23H,8-14H2,1-3H3. The van der Waals surface area contributed by atoms with Crippen LogP contribution in [0.1, 0.15) is 78.8 Å². The third kappa shape index (κ3) is 3.97. The predicted octanol–water partition coefficient (Wildman–Crippen LogP) is 3.44. The number of amides is 1. The topological polar surface area (TPSA) is 63.1 Å². The van der Waals surface area contributed by atoms with Gasteiger partial charge in [-0.15, -0.1) is 5.10 Å². The molecule has 2 heterocycles. The van der Waals surface area contributed by atoms with Gasteiger partial charge in [0.05, 0.1) is 11.7 Å². The summed E-state index contributed by atoms with van der Waals surface area (Å²) in [6, 6.07) is 9.32. The van der Waals surface area contributed by atoms with Crippen LogP contribution in [0, 0.1) is 6.92 Å². The molecule has 0 spiro atoms. The highest BCUT2D eigenvalue weighted by Crippen LogP contribution is 2.31. The number of piperidine rings is 1. The molecule has 0 atom stereocenters. The van der Waals surface area contributed by atoms with Crippen LogP contribution in [0.15, 0.2) is 24.3 Å². The fourth-order valence-electron chi connectivity index (χ4n) is 4.03. The lowest BCUT2D eigenvalue weighted by Crippen LogP contribution is -2.33. The summed E-state index contributed by atoms with van der Waals surface area (Å²) >= 11 is 0. The highest BCUT2D eigenvalue weighted by Gasteiger charge is 2.35. The van der Waals surface area contributed by atoms with E-state index in [0.717, 1.165) is 44.5 Å². The summed E-state index contributed by atoms with van der Waals surface area (Å²) < 4.78 is 1.97. The highest BCUT2D eigenvalue weighted by atomic mass is 16.2. The van der Waals surface area contributed by atoms with Gasteiger partial charge in [-0.25, -0.2) is 4.68 Å². The molecule has 1 aromatic heterocycles. The molecule has 1 saturated heterocycles. The van der Waals surface area contributed by atoms with E-state index < -0.39 is 0 Å². The first-order valence-electron chi connectivity index (χ1n) is 10.6. The van der Waals surface area contributed by atoms with E-state index >= 15 is 0 Å². The van der Waals surface area contributed by atoms with E-state index in [4.69, 9.17) is 0 Å². The Labute approximate surface area is 167 Å². The lowest BCUT2D eigenvalue weighted by atomic mass is 10.0. The molecule has 1 aliphatic heterocycles. The van der Waals surface area contributed by atoms with Crippen molar-refractivity contribution in [2.75, 3.05) is 13.1 Å². The van der Waals surface area contributed by atoms with Crippen molar-refractivity contribution in [2.45, 2.75) is 71.0 Å². The van der Waals surface area contributed by atoms with Crippen molar-refractivity contribution >= 4 is 5.91 Å². The number of aromatic nitrogens is 3. The molecule has 1 aliphatic carbocycles. The van der Waals surface area contributed by atoms with Crippen molar-refractivity contribution in [1.82, 2.24) is 25.2 Å². The molecular formula is C22H31N5O. The Hall–Kier alpha value is -2.21. The second-order valence-electron chi connectivity index (χ2n) is 8.51. The van der Waals surface area contributed by atoms with Crippen molar-refractivity contribution in [3.05, 3.63) is 46.8 Å². The fraction of sp³-hybridized carbons (Fsp3) is 0.591. The van der Waals surface area contributed by atoms with Crippen LogP contribution in [0.4, 0.5) is 0 Å². The second-order valence-corrected chi connectivity index (χ2v) is 8.51. The summed E-state index contributed by atoms with van der Waals surface area (Å²) in [7, 11) is 0. The van der Waals surface area contributed by atoms with Gasteiger partial charge in [-0.1, -0.05) is 43.3 Å². The van der Waals surface area contributed by atoms with Crippen LogP contribution < -0.4 is 5.32 Å². The maximum atomic E-state index is 13.3. The van der Waals surface area contributed by atoms with Gasteiger partial charge >= 0.3 is 0 Å². The molecule has 0 bridgehead atoms. The van der Waals surface area contributed by atoms with E-state index in [-0.39, 0.29) is 5.91 Å². The van der Waals surface area contributed by atoms with Gasteiger partial charge in [0.2, 0.25) is 0 Å². The smallest absolute Gasteiger partial charge is 0.276 e. The first-order chi connectivity index (χ1) is 13.5. The third-order valence-corrected chi connectivity index (χ3v) is 6.03. The van der Waals surface area contributed by atoms with Crippen LogP contribution in [0.3, 0.4) is 0 Å². The predicted molar refractivity (Wildman–Crippen MR) is 109 cm³/mol. The summed E-state index contributed by atoms with van der Waals surface area (Å²) in [5.41, 5.74) is 3.92. The van der Waals surface area contributed by atoms with Crippen LogP contribution in [0.2, 0.25) is 0 Å². The maximum absolute atomic E-state index is 13.3. The Morgan fingerprint density at radius 2 is 1.86 bits per heavy atom. The molecular weight excluding hydrogens is 350 g/mol. The monoisotopic (exact) mass is 381 g/mol. The Morgan fingerprint density at radius 3 is 2.46 bits per heavy atom. The zero-order chi connectivity index (χ0) is 19.7. The molecule has 1 aromatic carbocycles. The first-order valence-corrected chi connectivity index (χ1v) is 10.6. The molecule has 1 N–H and O–H groups in total. The number of rotatable bonds is 6. The number of benzene rings is 1. The molecule has 0 radical (unpaired) electrons. The van der Waals surface area contributed by atoms with Crippen molar-refractivity contribution in [1.29, 1.82) is 0 Å². The Kier molecular flexibility index (Phi) is 5.49. The fourth-order valence-corrected chi connectivity index (χ4v) is 4.03. The van der Waals surface area contributed by atoms with E-state index in [1.54, 1.807) is 0 Å². The minimum absolute atomic E-state index is 0.0214. The van der Waals surface area contributed by atoms with Gasteiger partial charge in [0.15, 0.2) is 5.69 Å². The largest absolute Gasteiger partial charge is 0.330 e. The van der Waals surface area contributed by atoms with Crippen molar-refractivity contribution < 1.29 is 4.79 Å². The molecule has 1 saturated carbocycles. The van der Waals surface area contributed by atoms with Gasteiger partial charge < -0.3 is 10.2 Å². The van der Waals surface area contributed by atoms with Gasteiger partial charge in [-0.05, 0) is 62.7 Å². The van der Waals surface area contributed by atoms with Crippen LogP contribution in [0.25, 0.3) is 0 Å². The van der Waals surface area contributed by atoms with Gasteiger partial charge in [0.1, 0.15) is 0 Å².